The van der Waals surface area contributed by atoms with E-state index in [2.05, 4.69) is 10.2 Å². The fourth-order valence-electron chi connectivity index (χ4n) is 3.12. The van der Waals surface area contributed by atoms with Gasteiger partial charge >= 0.3 is 0 Å². The van der Waals surface area contributed by atoms with E-state index in [1.165, 1.54) is 0 Å². The maximum atomic E-state index is 12.9. The van der Waals surface area contributed by atoms with Gasteiger partial charge in [-0.05, 0) is 36.8 Å². The Morgan fingerprint density at radius 2 is 2.08 bits per heavy atom. The van der Waals surface area contributed by atoms with E-state index in [1.54, 1.807) is 17.7 Å². The van der Waals surface area contributed by atoms with Crippen LogP contribution in [0.4, 0.5) is 4.39 Å². The fourth-order valence-corrected chi connectivity index (χ4v) is 3.12. The number of alkyl halides is 1. The molecule has 0 aliphatic carbocycles. The molecular weight excluding hydrogens is 309 g/mol. The fraction of sp³-hybridized carbons (Fsp3) is 0.667. The summed E-state index contributed by atoms with van der Waals surface area (Å²) in [6.07, 6.45) is 2.47. The minimum absolute atomic E-state index is 0.149. The van der Waals surface area contributed by atoms with Crippen LogP contribution in [-0.2, 0) is 11.2 Å². The Morgan fingerprint density at radius 3 is 2.62 bits per heavy atom. The molecule has 1 aliphatic rings. The number of nitrogens with zero attached hydrogens (tertiary/aromatic N) is 2. The number of carbonyl (C=O) groups is 1. The molecule has 5 nitrogen and oxygen atoms in total. The second kappa shape index (κ2) is 7.92. The Balaban J connectivity index is 2.22. The van der Waals surface area contributed by atoms with Crippen molar-refractivity contribution in [3.63, 3.8) is 0 Å². The molecule has 0 radical (unpaired) electrons. The average Bonchev–Trinajstić information content (AvgIpc) is 2.49. The van der Waals surface area contributed by atoms with Gasteiger partial charge in [0.25, 0.3) is 5.56 Å². The molecule has 0 spiro atoms. The standard InChI is InChI=1S/C18H28FN3O2/c1-12(2)7-16(18(24)20-4)22-9-14(13(3)8-17(22)23)5-6-21-10-15(19)11-21/h8-9,12,15-16H,5-7,10-11H2,1-4H3,(H,20,24). The first kappa shape index (κ1) is 18.6. The highest BCUT2D eigenvalue weighted by Gasteiger charge is 2.26. The van der Waals surface area contributed by atoms with Crippen molar-refractivity contribution in [2.45, 2.75) is 45.8 Å². The Labute approximate surface area is 142 Å². The van der Waals surface area contributed by atoms with E-state index < -0.39 is 12.2 Å². The summed E-state index contributed by atoms with van der Waals surface area (Å²) < 4.78 is 14.5. The molecule has 0 saturated carbocycles. The molecule has 1 fully saturated rings. The number of nitrogens with one attached hydrogen (secondary N) is 1. The lowest BCUT2D eigenvalue weighted by Gasteiger charge is -2.34. The van der Waals surface area contributed by atoms with E-state index in [-0.39, 0.29) is 11.5 Å². The first-order valence-corrected chi connectivity index (χ1v) is 8.61. The number of hydrogen-bond donors (Lipinski definition) is 1. The van der Waals surface area contributed by atoms with E-state index in [0.717, 1.165) is 24.1 Å². The molecule has 0 bridgehead atoms. The van der Waals surface area contributed by atoms with E-state index in [1.807, 2.05) is 27.0 Å². The molecule has 24 heavy (non-hydrogen) atoms. The van der Waals surface area contributed by atoms with Gasteiger partial charge in [-0.25, -0.2) is 4.39 Å². The van der Waals surface area contributed by atoms with Crippen LogP contribution >= 0.6 is 0 Å². The summed E-state index contributed by atoms with van der Waals surface area (Å²) in [5.41, 5.74) is 1.81. The van der Waals surface area contributed by atoms with Gasteiger partial charge in [-0.3, -0.25) is 14.5 Å². The summed E-state index contributed by atoms with van der Waals surface area (Å²) in [5.74, 6) is 0.148. The second-order valence-electron chi connectivity index (χ2n) is 7.09. The van der Waals surface area contributed by atoms with Gasteiger partial charge in [0.2, 0.25) is 5.91 Å². The van der Waals surface area contributed by atoms with Crippen LogP contribution in [0.2, 0.25) is 0 Å². The summed E-state index contributed by atoms with van der Waals surface area (Å²) in [4.78, 5) is 26.7. The Bertz CT molecular complexity index is 636. The molecule has 0 aromatic carbocycles. The van der Waals surface area contributed by atoms with Gasteiger partial charge in [0.15, 0.2) is 0 Å². The number of carbonyl (C=O) groups excluding carboxylic acids is 1. The van der Waals surface area contributed by atoms with Gasteiger partial charge < -0.3 is 9.88 Å². The zero-order valence-electron chi connectivity index (χ0n) is 15.0. The molecule has 2 rings (SSSR count). The topological polar surface area (TPSA) is 54.3 Å². The lowest BCUT2D eigenvalue weighted by molar-refractivity contribution is -0.124. The van der Waals surface area contributed by atoms with E-state index in [0.29, 0.717) is 25.4 Å². The minimum Gasteiger partial charge on any atom is -0.357 e. The summed E-state index contributed by atoms with van der Waals surface area (Å²) >= 11 is 0. The molecule has 1 aromatic heterocycles. The van der Waals surface area contributed by atoms with Gasteiger partial charge in [0.05, 0.1) is 0 Å². The molecular formula is C18H28FN3O2. The Hall–Kier alpha value is -1.69. The lowest BCUT2D eigenvalue weighted by Crippen LogP contribution is -2.49. The molecule has 134 valence electrons. The highest BCUT2D eigenvalue weighted by atomic mass is 19.1. The molecule has 1 unspecified atom stereocenters. The van der Waals surface area contributed by atoms with Crippen LogP contribution in [0.3, 0.4) is 0 Å². The lowest BCUT2D eigenvalue weighted by atomic mass is 10.0. The number of rotatable bonds is 7. The van der Waals surface area contributed by atoms with Crippen molar-refractivity contribution in [2.75, 3.05) is 26.7 Å². The zero-order chi connectivity index (χ0) is 17.9. The zero-order valence-corrected chi connectivity index (χ0v) is 15.0. The van der Waals surface area contributed by atoms with Crippen LogP contribution in [0.25, 0.3) is 0 Å². The van der Waals surface area contributed by atoms with Crippen LogP contribution in [-0.4, -0.2) is 48.2 Å². The number of amides is 1. The molecule has 1 aliphatic heterocycles. The highest BCUT2D eigenvalue weighted by molar-refractivity contribution is 5.80. The third-order valence-electron chi connectivity index (χ3n) is 4.59. The molecule has 1 aromatic rings. The SMILES string of the molecule is CNC(=O)C(CC(C)C)n1cc(CCN2CC(F)C2)c(C)cc1=O. The summed E-state index contributed by atoms with van der Waals surface area (Å²) in [7, 11) is 1.59. The van der Waals surface area contributed by atoms with Gasteiger partial charge in [-0.2, -0.15) is 0 Å². The van der Waals surface area contributed by atoms with Crippen LogP contribution in [0, 0.1) is 12.8 Å². The largest absolute Gasteiger partial charge is 0.357 e. The Kier molecular flexibility index (Phi) is 6.15. The van der Waals surface area contributed by atoms with E-state index >= 15 is 0 Å². The third-order valence-corrected chi connectivity index (χ3v) is 4.59. The van der Waals surface area contributed by atoms with Crippen LogP contribution < -0.4 is 10.9 Å². The monoisotopic (exact) mass is 337 g/mol. The van der Waals surface area contributed by atoms with Crippen molar-refractivity contribution in [3.05, 3.63) is 33.7 Å². The van der Waals surface area contributed by atoms with Crippen LogP contribution in [0.15, 0.2) is 17.1 Å². The maximum absolute atomic E-state index is 12.9. The first-order chi connectivity index (χ1) is 11.3. The van der Waals surface area contributed by atoms with Crippen molar-refractivity contribution >= 4 is 5.91 Å². The number of halogens is 1. The number of aromatic nitrogens is 1. The average molecular weight is 337 g/mol. The minimum atomic E-state index is -0.705. The van der Waals surface area contributed by atoms with Crippen molar-refractivity contribution in [2.24, 2.45) is 5.92 Å². The van der Waals surface area contributed by atoms with E-state index in [4.69, 9.17) is 0 Å². The predicted octanol–water partition coefficient (Wildman–Crippen LogP) is 1.69. The quantitative estimate of drug-likeness (QED) is 0.824. The van der Waals surface area contributed by atoms with Crippen molar-refractivity contribution in [1.29, 1.82) is 0 Å². The first-order valence-electron chi connectivity index (χ1n) is 8.61. The predicted molar refractivity (Wildman–Crippen MR) is 93.0 cm³/mol. The normalized spacial score (nSPS) is 16.9. The summed E-state index contributed by atoms with van der Waals surface area (Å²) in [6, 6.07) is 1.10. The van der Waals surface area contributed by atoms with Crippen LogP contribution in [0.1, 0.15) is 37.4 Å². The van der Waals surface area contributed by atoms with Gasteiger partial charge in [0, 0.05) is 38.9 Å². The molecule has 2 heterocycles. The van der Waals surface area contributed by atoms with Gasteiger partial charge in [-0.1, -0.05) is 13.8 Å². The van der Waals surface area contributed by atoms with Crippen molar-refractivity contribution in [3.8, 4) is 0 Å². The molecule has 1 N–H and O–H groups in total. The summed E-state index contributed by atoms with van der Waals surface area (Å²) in [6.45, 7) is 7.74. The smallest absolute Gasteiger partial charge is 0.251 e. The Morgan fingerprint density at radius 1 is 1.42 bits per heavy atom. The molecule has 6 heteroatoms. The molecule has 1 amide bonds. The number of hydrogen-bond acceptors (Lipinski definition) is 3. The maximum Gasteiger partial charge on any atom is 0.251 e. The second-order valence-corrected chi connectivity index (χ2v) is 7.09. The third kappa shape index (κ3) is 4.44. The summed E-state index contributed by atoms with van der Waals surface area (Å²) in [5, 5.41) is 2.66. The number of aryl methyl sites for hydroxylation is 1. The van der Waals surface area contributed by atoms with Gasteiger partial charge in [0.1, 0.15) is 12.2 Å². The van der Waals surface area contributed by atoms with Crippen molar-refractivity contribution < 1.29 is 9.18 Å². The number of likely N-dealkylation sites (tertiary alicyclic amines) is 1. The van der Waals surface area contributed by atoms with Crippen molar-refractivity contribution in [1.82, 2.24) is 14.8 Å². The molecule has 1 atom stereocenters. The van der Waals surface area contributed by atoms with Crippen LogP contribution in [0.5, 0.6) is 0 Å². The van der Waals surface area contributed by atoms with Gasteiger partial charge in [-0.15, -0.1) is 0 Å². The molecule has 1 saturated heterocycles. The number of pyridine rings is 1. The number of likely N-dealkylation sites (N-methyl/N-ethyl adjacent to an activating group) is 1. The van der Waals surface area contributed by atoms with E-state index in [9.17, 15) is 14.0 Å². The highest BCUT2D eigenvalue weighted by Crippen LogP contribution is 2.19.